The summed E-state index contributed by atoms with van der Waals surface area (Å²) in [7, 11) is 0. The van der Waals surface area contributed by atoms with Crippen molar-refractivity contribution in [2.24, 2.45) is 4.99 Å². The highest BCUT2D eigenvalue weighted by Gasteiger charge is 1.78. The lowest BCUT2D eigenvalue weighted by molar-refractivity contribution is 1.27. The quantitative estimate of drug-likeness (QED) is 0.443. The molecule has 0 atom stereocenters. The maximum Gasteiger partial charge on any atom is 0.101 e. The van der Waals surface area contributed by atoms with Gasteiger partial charge in [0.2, 0.25) is 0 Å². The minimum atomic E-state index is 0.903. The van der Waals surface area contributed by atoms with Gasteiger partial charge in [0.05, 0.1) is 6.34 Å². The Kier molecular flexibility index (Phi) is 8.24. The van der Waals surface area contributed by atoms with Crippen molar-refractivity contribution in [1.29, 1.82) is 5.41 Å². The van der Waals surface area contributed by atoms with Gasteiger partial charge in [-0.1, -0.05) is 22.6 Å². The van der Waals surface area contributed by atoms with Gasteiger partial charge in [-0.05, 0) is 32.7 Å². The van der Waals surface area contributed by atoms with Crippen LogP contribution in [0.2, 0.25) is 0 Å². The topological polar surface area (TPSA) is 48.2 Å². The summed E-state index contributed by atoms with van der Waals surface area (Å²) in [5.41, 5.74) is 0. The predicted octanol–water partition coefficient (Wildman–Crippen LogP) is 2.44. The summed E-state index contributed by atoms with van der Waals surface area (Å²) in [6, 6.07) is 0. The molecule has 0 unspecified atom stereocenters. The van der Waals surface area contributed by atoms with Crippen LogP contribution >= 0.6 is 45.2 Å². The molecule has 0 aromatic rings. The Balaban J connectivity index is 3.80. The number of halogens is 2. The molecular weight excluding hydrogens is 368 g/mol. The molecule has 5 heteroatoms. The van der Waals surface area contributed by atoms with Gasteiger partial charge in [0.1, 0.15) is 3.72 Å². The fraction of sp³-hybridized carbons (Fsp3) is 0. The van der Waals surface area contributed by atoms with Gasteiger partial charge in [-0.25, -0.2) is 4.99 Å². The molecule has 0 amide bonds. The molecule has 0 aliphatic heterocycles. The second-order valence-electron chi connectivity index (χ2n) is 1.37. The first-order valence-electron chi connectivity index (χ1n) is 2.71. The van der Waals surface area contributed by atoms with Crippen molar-refractivity contribution in [3.63, 3.8) is 0 Å². The number of hydrogen-bond acceptors (Lipinski definition) is 2. The minimum Gasteiger partial charge on any atom is -0.352 e. The molecule has 2 N–H and O–H groups in total. The van der Waals surface area contributed by atoms with E-state index in [9.17, 15) is 0 Å². The highest BCUT2D eigenvalue weighted by Crippen LogP contribution is 1.96. The lowest BCUT2D eigenvalue weighted by Gasteiger charge is -1.84. The average Bonchev–Trinajstić information content (AvgIpc) is 1.99. The molecule has 0 fully saturated rings. The Morgan fingerprint density at radius 1 is 1.55 bits per heavy atom. The molecule has 60 valence electrons. The SMILES string of the molecule is N=CN\C=C/N=C(I)/C=C\I. The van der Waals surface area contributed by atoms with Crippen molar-refractivity contribution < 1.29 is 0 Å². The minimum absolute atomic E-state index is 0.903. The largest absolute Gasteiger partial charge is 0.352 e. The zero-order valence-electron chi connectivity index (χ0n) is 5.59. The molecule has 0 spiro atoms. The molecule has 0 aromatic heterocycles. The molecular formula is C6H7I2N3. The molecule has 11 heavy (non-hydrogen) atoms. The first-order chi connectivity index (χ1) is 5.31. The predicted molar refractivity (Wildman–Crippen MR) is 65.7 cm³/mol. The Morgan fingerprint density at radius 3 is 2.82 bits per heavy atom. The summed E-state index contributed by atoms with van der Waals surface area (Å²) < 4.78 is 2.79. The van der Waals surface area contributed by atoms with Crippen LogP contribution < -0.4 is 5.32 Å². The van der Waals surface area contributed by atoms with Gasteiger partial charge in [-0.2, -0.15) is 0 Å². The van der Waals surface area contributed by atoms with Crippen LogP contribution in [0, 0.1) is 5.41 Å². The zero-order chi connectivity index (χ0) is 8.53. The van der Waals surface area contributed by atoms with Crippen molar-refractivity contribution in [1.82, 2.24) is 5.32 Å². The number of hydrogen-bond donors (Lipinski definition) is 2. The highest BCUT2D eigenvalue weighted by atomic mass is 127. The van der Waals surface area contributed by atoms with Crippen LogP contribution in [0.25, 0.3) is 0 Å². The number of nitrogens with zero attached hydrogens (tertiary/aromatic N) is 1. The third-order valence-corrected chi connectivity index (χ3v) is 1.65. The first-order valence-corrected chi connectivity index (χ1v) is 5.03. The monoisotopic (exact) mass is 375 g/mol. The summed E-state index contributed by atoms with van der Waals surface area (Å²) in [5, 5.41) is 9.19. The van der Waals surface area contributed by atoms with Gasteiger partial charge in [-0.3, -0.25) is 5.41 Å². The van der Waals surface area contributed by atoms with Crippen LogP contribution in [-0.2, 0) is 0 Å². The Hall–Kier alpha value is 0.0800. The number of nitrogens with one attached hydrogen (secondary N) is 2. The molecule has 0 aromatic carbocycles. The van der Waals surface area contributed by atoms with E-state index in [2.05, 4.69) is 55.5 Å². The molecule has 0 aliphatic rings. The van der Waals surface area contributed by atoms with E-state index in [1.165, 1.54) is 0 Å². The van der Waals surface area contributed by atoms with E-state index < -0.39 is 0 Å². The van der Waals surface area contributed by atoms with Crippen molar-refractivity contribution in [3.05, 3.63) is 22.6 Å². The smallest absolute Gasteiger partial charge is 0.101 e. The summed E-state index contributed by atoms with van der Waals surface area (Å²) in [6.45, 7) is 0. The second-order valence-corrected chi connectivity index (χ2v) is 3.20. The van der Waals surface area contributed by atoms with Crippen LogP contribution in [-0.4, -0.2) is 10.1 Å². The molecule has 0 saturated carbocycles. The van der Waals surface area contributed by atoms with Crippen molar-refractivity contribution in [2.45, 2.75) is 0 Å². The van der Waals surface area contributed by atoms with Gasteiger partial charge in [0.25, 0.3) is 0 Å². The number of allylic oxidation sites excluding steroid dienone is 1. The zero-order valence-corrected chi connectivity index (χ0v) is 9.90. The Morgan fingerprint density at radius 2 is 2.27 bits per heavy atom. The second kappa shape index (κ2) is 8.18. The van der Waals surface area contributed by atoms with Gasteiger partial charge in [0, 0.05) is 12.4 Å². The van der Waals surface area contributed by atoms with Gasteiger partial charge in [0.15, 0.2) is 0 Å². The fourth-order valence-corrected chi connectivity index (χ4v) is 1.66. The van der Waals surface area contributed by atoms with Crippen LogP contribution in [0.5, 0.6) is 0 Å². The van der Waals surface area contributed by atoms with E-state index in [1.54, 1.807) is 12.4 Å². The maximum absolute atomic E-state index is 6.62. The average molecular weight is 375 g/mol. The molecule has 0 radical (unpaired) electrons. The molecule has 0 heterocycles. The van der Waals surface area contributed by atoms with E-state index in [0.29, 0.717) is 0 Å². The summed E-state index contributed by atoms with van der Waals surface area (Å²) in [6.07, 6.45) is 6.17. The fourth-order valence-electron chi connectivity index (χ4n) is 0.295. The summed E-state index contributed by atoms with van der Waals surface area (Å²) in [4.78, 5) is 4.02. The maximum atomic E-state index is 6.62. The number of rotatable bonds is 4. The molecule has 3 nitrogen and oxygen atoms in total. The third-order valence-electron chi connectivity index (χ3n) is 0.652. The van der Waals surface area contributed by atoms with Crippen molar-refractivity contribution in [3.8, 4) is 0 Å². The summed E-state index contributed by atoms with van der Waals surface area (Å²) in [5.74, 6) is 0. The van der Waals surface area contributed by atoms with E-state index in [1.807, 2.05) is 10.2 Å². The molecule has 0 rings (SSSR count). The van der Waals surface area contributed by atoms with Crippen LogP contribution in [0.3, 0.4) is 0 Å². The van der Waals surface area contributed by atoms with Gasteiger partial charge < -0.3 is 5.32 Å². The van der Waals surface area contributed by atoms with E-state index in [0.717, 1.165) is 10.1 Å². The first kappa shape index (κ1) is 11.1. The van der Waals surface area contributed by atoms with Gasteiger partial charge >= 0.3 is 0 Å². The lowest BCUT2D eigenvalue weighted by atomic mass is 10.7. The normalized spacial score (nSPS) is 12.7. The van der Waals surface area contributed by atoms with Crippen molar-refractivity contribution >= 4 is 55.2 Å². The Bertz CT molecular complexity index is 196. The highest BCUT2D eigenvalue weighted by molar-refractivity contribution is 14.1. The van der Waals surface area contributed by atoms with Crippen LogP contribution in [0.15, 0.2) is 27.6 Å². The van der Waals surface area contributed by atoms with E-state index in [4.69, 9.17) is 5.41 Å². The Labute approximate surface area is 92.8 Å². The van der Waals surface area contributed by atoms with Crippen LogP contribution in [0.4, 0.5) is 0 Å². The van der Waals surface area contributed by atoms with E-state index >= 15 is 0 Å². The molecule has 0 saturated heterocycles. The molecule has 0 aliphatic carbocycles. The molecule has 0 bridgehead atoms. The lowest BCUT2D eigenvalue weighted by Crippen LogP contribution is -1.96. The van der Waals surface area contributed by atoms with Gasteiger partial charge in [-0.15, -0.1) is 0 Å². The van der Waals surface area contributed by atoms with Crippen LogP contribution in [0.1, 0.15) is 0 Å². The number of aliphatic imine (C=N–C) groups is 1. The van der Waals surface area contributed by atoms with Crippen molar-refractivity contribution in [2.75, 3.05) is 0 Å². The third kappa shape index (κ3) is 7.98. The summed E-state index contributed by atoms with van der Waals surface area (Å²) >= 11 is 4.24. The van der Waals surface area contributed by atoms with E-state index in [-0.39, 0.29) is 0 Å². The standard InChI is InChI=1S/C6H7I2N3/c7-2-1-6(8)11-4-3-10-5-9/h1-5H,(H2,9,10)/b2-1-,4-3-,11-6-.